The molecule has 4 rings (SSSR count). The monoisotopic (exact) mass is 364 g/mol. The maximum Gasteiger partial charge on any atom is 0.119 e. The lowest BCUT2D eigenvalue weighted by Gasteiger charge is -2.09. The van der Waals surface area contributed by atoms with Crippen LogP contribution in [-0.4, -0.2) is 11.0 Å². The van der Waals surface area contributed by atoms with Crippen LogP contribution in [0.3, 0.4) is 0 Å². The minimum Gasteiger partial charge on any atom is -0.489 e. The van der Waals surface area contributed by atoms with Gasteiger partial charge in [-0.15, -0.1) is 11.3 Å². The standard InChI is InChI=1S/C22H24N2OS/c1-2-6-17(7-3-1)16-25-20-12-10-18(11-13-20)21-14-24-22(26-21)15-23-19-8-4-5-9-19/h1-3,6-7,10-14,19,23H,4-5,8-9,15-16H2. The predicted molar refractivity (Wildman–Crippen MR) is 107 cm³/mol. The predicted octanol–water partition coefficient (Wildman–Crippen LogP) is 5.42. The molecular formula is C22H24N2OS. The van der Waals surface area contributed by atoms with Crippen molar-refractivity contribution in [2.45, 2.75) is 44.9 Å². The van der Waals surface area contributed by atoms with E-state index in [9.17, 15) is 0 Å². The molecule has 0 bridgehead atoms. The van der Waals surface area contributed by atoms with Crippen LogP contribution in [0.1, 0.15) is 36.3 Å². The molecule has 0 saturated heterocycles. The van der Waals surface area contributed by atoms with Gasteiger partial charge in [-0.25, -0.2) is 4.98 Å². The highest BCUT2D eigenvalue weighted by atomic mass is 32.1. The van der Waals surface area contributed by atoms with E-state index in [1.54, 1.807) is 11.3 Å². The molecule has 1 fully saturated rings. The minimum atomic E-state index is 0.595. The summed E-state index contributed by atoms with van der Waals surface area (Å²) in [6.45, 7) is 1.48. The maximum absolute atomic E-state index is 5.86. The second kappa shape index (κ2) is 8.47. The van der Waals surface area contributed by atoms with Crippen molar-refractivity contribution in [3.63, 3.8) is 0 Å². The van der Waals surface area contributed by atoms with Crippen LogP contribution in [-0.2, 0) is 13.2 Å². The van der Waals surface area contributed by atoms with Crippen LogP contribution in [0.25, 0.3) is 10.4 Å². The Morgan fingerprint density at radius 1 is 1.00 bits per heavy atom. The lowest BCUT2D eigenvalue weighted by Crippen LogP contribution is -2.25. The Morgan fingerprint density at radius 2 is 1.77 bits per heavy atom. The second-order valence-corrected chi connectivity index (χ2v) is 7.89. The third-order valence-electron chi connectivity index (χ3n) is 4.84. The number of ether oxygens (including phenoxy) is 1. The lowest BCUT2D eigenvalue weighted by atomic mass is 10.2. The molecule has 1 aliphatic carbocycles. The molecule has 0 spiro atoms. The molecule has 1 saturated carbocycles. The van der Waals surface area contributed by atoms with Gasteiger partial charge in [-0.3, -0.25) is 0 Å². The Hall–Kier alpha value is -2.17. The average molecular weight is 365 g/mol. The zero-order valence-electron chi connectivity index (χ0n) is 14.9. The van der Waals surface area contributed by atoms with E-state index in [-0.39, 0.29) is 0 Å². The molecule has 0 unspecified atom stereocenters. The van der Waals surface area contributed by atoms with Crippen LogP contribution in [0.15, 0.2) is 60.8 Å². The fourth-order valence-corrected chi connectivity index (χ4v) is 4.22. The second-order valence-electron chi connectivity index (χ2n) is 6.78. The highest BCUT2D eigenvalue weighted by Gasteiger charge is 2.14. The van der Waals surface area contributed by atoms with Crippen LogP contribution < -0.4 is 10.1 Å². The van der Waals surface area contributed by atoms with Gasteiger partial charge in [0.1, 0.15) is 17.4 Å². The van der Waals surface area contributed by atoms with Crippen LogP contribution in [0, 0.1) is 0 Å². The first-order chi connectivity index (χ1) is 12.9. The Kier molecular flexibility index (Phi) is 5.62. The molecule has 4 heteroatoms. The molecule has 2 aromatic carbocycles. The van der Waals surface area contributed by atoms with E-state index >= 15 is 0 Å². The third kappa shape index (κ3) is 4.51. The summed E-state index contributed by atoms with van der Waals surface area (Å²) >= 11 is 1.77. The van der Waals surface area contributed by atoms with Crippen LogP contribution in [0.4, 0.5) is 0 Å². The topological polar surface area (TPSA) is 34.1 Å². The molecule has 3 aromatic rings. The number of hydrogen-bond acceptors (Lipinski definition) is 4. The van der Waals surface area contributed by atoms with Gasteiger partial charge >= 0.3 is 0 Å². The summed E-state index contributed by atoms with van der Waals surface area (Å²) < 4.78 is 5.86. The summed E-state index contributed by atoms with van der Waals surface area (Å²) in [5.41, 5.74) is 2.38. The van der Waals surface area contributed by atoms with Crippen molar-refractivity contribution < 1.29 is 4.74 Å². The summed E-state index contributed by atoms with van der Waals surface area (Å²) in [7, 11) is 0. The van der Waals surface area contributed by atoms with Crippen molar-refractivity contribution in [2.24, 2.45) is 0 Å². The molecule has 1 N–H and O–H groups in total. The number of nitrogens with one attached hydrogen (secondary N) is 1. The van der Waals surface area contributed by atoms with Crippen LogP contribution >= 0.6 is 11.3 Å². The smallest absolute Gasteiger partial charge is 0.119 e. The van der Waals surface area contributed by atoms with E-state index in [0.717, 1.165) is 17.3 Å². The number of hydrogen-bond donors (Lipinski definition) is 1. The molecular weight excluding hydrogens is 340 g/mol. The van der Waals surface area contributed by atoms with Gasteiger partial charge in [0.15, 0.2) is 0 Å². The van der Waals surface area contributed by atoms with Crippen molar-refractivity contribution in [2.75, 3.05) is 0 Å². The van der Waals surface area contributed by atoms with Crippen molar-refractivity contribution in [1.82, 2.24) is 10.3 Å². The quantitative estimate of drug-likeness (QED) is 0.608. The first-order valence-electron chi connectivity index (χ1n) is 9.32. The molecule has 0 aliphatic heterocycles. The molecule has 1 heterocycles. The SMILES string of the molecule is c1ccc(COc2ccc(-c3cnc(CNC4CCCC4)s3)cc2)cc1. The molecule has 3 nitrogen and oxygen atoms in total. The largest absolute Gasteiger partial charge is 0.489 e. The first kappa shape index (κ1) is 17.3. The van der Waals surface area contributed by atoms with Crippen molar-refractivity contribution in [3.05, 3.63) is 71.4 Å². The number of nitrogens with zero attached hydrogens (tertiary/aromatic N) is 1. The number of thiazole rings is 1. The highest BCUT2D eigenvalue weighted by Crippen LogP contribution is 2.28. The average Bonchev–Trinajstić information content (AvgIpc) is 3.38. The van der Waals surface area contributed by atoms with Gasteiger partial charge in [-0.1, -0.05) is 43.2 Å². The normalized spacial score (nSPS) is 14.6. The zero-order chi connectivity index (χ0) is 17.6. The Labute approximate surface area is 159 Å². The molecule has 134 valence electrons. The molecule has 1 aromatic heterocycles. The lowest BCUT2D eigenvalue weighted by molar-refractivity contribution is 0.306. The van der Waals surface area contributed by atoms with Gasteiger partial charge in [0, 0.05) is 18.8 Å². The summed E-state index contributed by atoms with van der Waals surface area (Å²) in [5, 5.41) is 4.80. The van der Waals surface area contributed by atoms with E-state index in [0.29, 0.717) is 12.6 Å². The van der Waals surface area contributed by atoms with Crippen molar-refractivity contribution in [3.8, 4) is 16.2 Å². The molecule has 26 heavy (non-hydrogen) atoms. The molecule has 1 aliphatic rings. The summed E-state index contributed by atoms with van der Waals surface area (Å²) in [6.07, 6.45) is 7.32. The number of rotatable bonds is 7. The minimum absolute atomic E-state index is 0.595. The van der Waals surface area contributed by atoms with Crippen LogP contribution in [0.5, 0.6) is 5.75 Å². The van der Waals surface area contributed by atoms with Gasteiger partial charge in [-0.05, 0) is 48.2 Å². The van der Waals surface area contributed by atoms with Crippen LogP contribution in [0.2, 0.25) is 0 Å². The summed E-state index contributed by atoms with van der Waals surface area (Å²) in [6, 6.07) is 19.2. The van der Waals surface area contributed by atoms with Gasteiger partial charge in [0.05, 0.1) is 4.88 Å². The fraction of sp³-hybridized carbons (Fsp3) is 0.318. The van der Waals surface area contributed by atoms with E-state index in [1.807, 2.05) is 36.5 Å². The molecule has 0 radical (unpaired) electrons. The van der Waals surface area contributed by atoms with Gasteiger partial charge in [0.2, 0.25) is 0 Å². The Balaban J connectivity index is 1.33. The van der Waals surface area contributed by atoms with Crippen molar-refractivity contribution in [1.29, 1.82) is 0 Å². The van der Waals surface area contributed by atoms with Gasteiger partial charge < -0.3 is 10.1 Å². The zero-order valence-corrected chi connectivity index (χ0v) is 15.7. The molecule has 0 amide bonds. The number of benzene rings is 2. The Bertz CT molecular complexity index is 808. The maximum atomic E-state index is 5.86. The van der Waals surface area contributed by atoms with E-state index in [4.69, 9.17) is 4.74 Å². The summed E-state index contributed by atoms with van der Waals surface area (Å²) in [4.78, 5) is 5.79. The van der Waals surface area contributed by atoms with E-state index in [1.165, 1.54) is 41.7 Å². The summed E-state index contributed by atoms with van der Waals surface area (Å²) in [5.74, 6) is 0.894. The third-order valence-corrected chi connectivity index (χ3v) is 5.88. The van der Waals surface area contributed by atoms with E-state index in [2.05, 4.69) is 34.6 Å². The van der Waals surface area contributed by atoms with E-state index < -0.39 is 0 Å². The van der Waals surface area contributed by atoms with Gasteiger partial charge in [0.25, 0.3) is 0 Å². The highest BCUT2D eigenvalue weighted by molar-refractivity contribution is 7.15. The van der Waals surface area contributed by atoms with Gasteiger partial charge in [-0.2, -0.15) is 0 Å². The van der Waals surface area contributed by atoms with Crippen molar-refractivity contribution >= 4 is 11.3 Å². The first-order valence-corrected chi connectivity index (χ1v) is 10.1. The molecule has 0 atom stereocenters. The fourth-order valence-electron chi connectivity index (χ4n) is 3.34. The number of aromatic nitrogens is 1. The Morgan fingerprint density at radius 3 is 2.54 bits per heavy atom.